The van der Waals surface area contributed by atoms with Crippen molar-refractivity contribution < 1.29 is 9.90 Å². The predicted octanol–water partition coefficient (Wildman–Crippen LogP) is 2.01. The summed E-state index contributed by atoms with van der Waals surface area (Å²) in [7, 11) is 0. The fourth-order valence-electron chi connectivity index (χ4n) is 2.22. The Bertz CT molecular complexity index is 828. The number of nitrogens with one attached hydrogen (secondary N) is 1. The largest absolute Gasteiger partial charge is 0.481 e. The molecule has 22 heavy (non-hydrogen) atoms. The minimum atomic E-state index is -0.853. The number of aryl methyl sites for hydroxylation is 1. The summed E-state index contributed by atoms with van der Waals surface area (Å²) in [4.78, 5) is 19.0. The first-order chi connectivity index (χ1) is 10.6. The lowest BCUT2D eigenvalue weighted by atomic mass is 10.2. The summed E-state index contributed by atoms with van der Waals surface area (Å²) in [5.74, 6) is -0.265. The molecule has 0 bridgehead atoms. The zero-order valence-corrected chi connectivity index (χ0v) is 12.0. The number of aliphatic carboxylic acids is 1. The second-order valence-corrected chi connectivity index (χ2v) is 4.93. The van der Waals surface area contributed by atoms with Crippen molar-refractivity contribution in [2.75, 3.05) is 11.9 Å². The average molecular weight is 297 g/mol. The van der Waals surface area contributed by atoms with E-state index in [0.717, 1.165) is 16.6 Å². The van der Waals surface area contributed by atoms with Crippen molar-refractivity contribution in [2.45, 2.75) is 13.3 Å². The molecule has 2 aromatic heterocycles. The molecule has 3 rings (SSSR count). The van der Waals surface area contributed by atoms with Crippen LogP contribution in [-0.4, -0.2) is 37.4 Å². The van der Waals surface area contributed by atoms with Gasteiger partial charge in [0.25, 0.3) is 0 Å². The number of anilines is 1. The average Bonchev–Trinajstić information content (AvgIpc) is 2.92. The molecule has 0 saturated heterocycles. The topological polar surface area (TPSA) is 92.9 Å². The van der Waals surface area contributed by atoms with Crippen LogP contribution in [0, 0.1) is 6.92 Å². The monoisotopic (exact) mass is 297 g/mol. The number of rotatable bonds is 5. The molecule has 0 aliphatic heterocycles. The van der Waals surface area contributed by atoms with Crippen LogP contribution in [0.5, 0.6) is 0 Å². The van der Waals surface area contributed by atoms with Gasteiger partial charge in [-0.3, -0.25) is 4.79 Å². The van der Waals surface area contributed by atoms with Gasteiger partial charge >= 0.3 is 5.97 Å². The molecule has 7 nitrogen and oxygen atoms in total. The molecule has 3 aromatic rings. The maximum absolute atomic E-state index is 10.6. The lowest BCUT2D eigenvalue weighted by Crippen LogP contribution is -2.09. The van der Waals surface area contributed by atoms with Gasteiger partial charge in [0.15, 0.2) is 5.65 Å². The van der Waals surface area contributed by atoms with Crippen molar-refractivity contribution >= 4 is 22.8 Å². The molecule has 0 unspecified atom stereocenters. The van der Waals surface area contributed by atoms with Crippen LogP contribution >= 0.6 is 0 Å². The van der Waals surface area contributed by atoms with E-state index >= 15 is 0 Å². The molecule has 2 heterocycles. The zero-order chi connectivity index (χ0) is 15.5. The maximum atomic E-state index is 10.6. The Morgan fingerprint density at radius 1 is 1.36 bits per heavy atom. The Balaban J connectivity index is 1.96. The molecule has 0 saturated carbocycles. The maximum Gasteiger partial charge on any atom is 0.305 e. The van der Waals surface area contributed by atoms with E-state index < -0.39 is 5.97 Å². The smallest absolute Gasteiger partial charge is 0.305 e. The number of carboxylic acids is 1. The standard InChI is InChI=1S/C15H15N5O2/c1-10-3-2-4-11(7-10)20-15-12(8-19-20)14(17-9-18-15)16-6-5-13(21)22/h2-4,7-9H,5-6H2,1H3,(H,21,22)(H,16,17,18). The lowest BCUT2D eigenvalue weighted by molar-refractivity contribution is -0.136. The molecule has 2 N–H and O–H groups in total. The zero-order valence-electron chi connectivity index (χ0n) is 12.0. The number of aromatic nitrogens is 4. The third-order valence-electron chi connectivity index (χ3n) is 3.24. The first kappa shape index (κ1) is 14.0. The Labute approximate surface area is 126 Å². The fourth-order valence-corrected chi connectivity index (χ4v) is 2.22. The van der Waals surface area contributed by atoms with Gasteiger partial charge < -0.3 is 10.4 Å². The van der Waals surface area contributed by atoms with Gasteiger partial charge in [-0.15, -0.1) is 0 Å². The quantitative estimate of drug-likeness (QED) is 0.748. The Morgan fingerprint density at radius 2 is 2.23 bits per heavy atom. The van der Waals surface area contributed by atoms with Gasteiger partial charge in [-0.2, -0.15) is 5.10 Å². The summed E-state index contributed by atoms with van der Waals surface area (Å²) in [6, 6.07) is 7.96. The Morgan fingerprint density at radius 3 is 3.00 bits per heavy atom. The molecule has 0 atom stereocenters. The highest BCUT2D eigenvalue weighted by Crippen LogP contribution is 2.21. The summed E-state index contributed by atoms with van der Waals surface area (Å²) >= 11 is 0. The van der Waals surface area contributed by atoms with E-state index in [-0.39, 0.29) is 6.42 Å². The number of benzene rings is 1. The van der Waals surface area contributed by atoms with Crippen LogP contribution in [0.3, 0.4) is 0 Å². The second kappa shape index (κ2) is 5.80. The number of fused-ring (bicyclic) bond motifs is 1. The molecule has 0 aliphatic rings. The Kier molecular flexibility index (Phi) is 3.69. The molecule has 0 fully saturated rings. The van der Waals surface area contributed by atoms with Crippen LogP contribution in [0.2, 0.25) is 0 Å². The summed E-state index contributed by atoms with van der Waals surface area (Å²) in [5.41, 5.74) is 2.73. The van der Waals surface area contributed by atoms with Crippen molar-refractivity contribution in [1.82, 2.24) is 19.7 Å². The van der Waals surface area contributed by atoms with Gasteiger partial charge in [-0.1, -0.05) is 12.1 Å². The second-order valence-electron chi connectivity index (χ2n) is 4.93. The fraction of sp³-hybridized carbons (Fsp3) is 0.200. The minimum absolute atomic E-state index is 0.0253. The highest BCUT2D eigenvalue weighted by molar-refractivity contribution is 5.87. The van der Waals surface area contributed by atoms with Gasteiger partial charge in [0.1, 0.15) is 12.1 Å². The van der Waals surface area contributed by atoms with E-state index in [4.69, 9.17) is 5.11 Å². The van der Waals surface area contributed by atoms with Gasteiger partial charge in [0.05, 0.1) is 23.7 Å². The van der Waals surface area contributed by atoms with E-state index in [1.165, 1.54) is 6.33 Å². The molecule has 7 heteroatoms. The van der Waals surface area contributed by atoms with Crippen LogP contribution in [0.25, 0.3) is 16.7 Å². The first-order valence-electron chi connectivity index (χ1n) is 6.86. The summed E-state index contributed by atoms with van der Waals surface area (Å²) < 4.78 is 1.74. The van der Waals surface area contributed by atoms with E-state index in [2.05, 4.69) is 20.4 Å². The Hall–Kier alpha value is -2.96. The predicted molar refractivity (Wildman–Crippen MR) is 82.1 cm³/mol. The van der Waals surface area contributed by atoms with E-state index in [9.17, 15) is 4.79 Å². The third kappa shape index (κ3) is 2.73. The third-order valence-corrected chi connectivity index (χ3v) is 3.24. The number of hydrogen-bond acceptors (Lipinski definition) is 5. The molecule has 0 aliphatic carbocycles. The minimum Gasteiger partial charge on any atom is -0.481 e. The number of carboxylic acid groups (broad SMARTS) is 1. The van der Waals surface area contributed by atoms with E-state index in [0.29, 0.717) is 18.0 Å². The molecule has 0 amide bonds. The van der Waals surface area contributed by atoms with Gasteiger partial charge in [-0.05, 0) is 24.6 Å². The van der Waals surface area contributed by atoms with Crippen molar-refractivity contribution in [3.63, 3.8) is 0 Å². The molecule has 112 valence electrons. The molecular formula is C15H15N5O2. The highest BCUT2D eigenvalue weighted by Gasteiger charge is 2.11. The van der Waals surface area contributed by atoms with Crippen LogP contribution in [0.4, 0.5) is 5.82 Å². The SMILES string of the molecule is Cc1cccc(-n2ncc3c(NCCC(=O)O)ncnc32)c1. The van der Waals surface area contributed by atoms with Crippen LogP contribution in [-0.2, 0) is 4.79 Å². The van der Waals surface area contributed by atoms with Crippen LogP contribution in [0.15, 0.2) is 36.8 Å². The molecule has 1 aromatic carbocycles. The van der Waals surface area contributed by atoms with Gasteiger partial charge in [0, 0.05) is 6.54 Å². The molecule has 0 radical (unpaired) electrons. The lowest BCUT2D eigenvalue weighted by Gasteiger charge is -2.06. The normalized spacial score (nSPS) is 10.8. The first-order valence-corrected chi connectivity index (χ1v) is 6.86. The number of carbonyl (C=O) groups is 1. The summed E-state index contributed by atoms with van der Waals surface area (Å²) in [5, 5.41) is 16.8. The van der Waals surface area contributed by atoms with Crippen molar-refractivity contribution in [1.29, 1.82) is 0 Å². The van der Waals surface area contributed by atoms with Crippen molar-refractivity contribution in [3.05, 3.63) is 42.4 Å². The van der Waals surface area contributed by atoms with E-state index in [1.807, 2.05) is 31.2 Å². The number of nitrogens with zero attached hydrogens (tertiary/aromatic N) is 4. The molecular weight excluding hydrogens is 282 g/mol. The highest BCUT2D eigenvalue weighted by atomic mass is 16.4. The molecule has 0 spiro atoms. The van der Waals surface area contributed by atoms with Gasteiger partial charge in [-0.25, -0.2) is 14.6 Å². The van der Waals surface area contributed by atoms with Crippen LogP contribution < -0.4 is 5.32 Å². The summed E-state index contributed by atoms with van der Waals surface area (Å²) in [6.45, 7) is 2.32. The van der Waals surface area contributed by atoms with Crippen molar-refractivity contribution in [2.24, 2.45) is 0 Å². The number of hydrogen-bond donors (Lipinski definition) is 2. The summed E-state index contributed by atoms with van der Waals surface area (Å²) in [6.07, 6.45) is 3.15. The van der Waals surface area contributed by atoms with Crippen molar-refractivity contribution in [3.8, 4) is 5.69 Å². The van der Waals surface area contributed by atoms with Crippen LogP contribution in [0.1, 0.15) is 12.0 Å². The van der Waals surface area contributed by atoms with Gasteiger partial charge in [0.2, 0.25) is 0 Å². The van der Waals surface area contributed by atoms with E-state index in [1.54, 1.807) is 10.9 Å².